The number of benzene rings is 2. The SMILES string of the molecule is CC(=O)c1ccc(Sc2ccc(C(=O)NC3CN4CCC3C4)cc2)cc1. The maximum atomic E-state index is 12.5. The van der Waals surface area contributed by atoms with Gasteiger partial charge in [-0.25, -0.2) is 0 Å². The molecule has 5 heteroatoms. The number of carbonyl (C=O) groups excluding carboxylic acids is 2. The van der Waals surface area contributed by atoms with Crippen LogP contribution in [0, 0.1) is 5.92 Å². The van der Waals surface area contributed by atoms with E-state index in [0.29, 0.717) is 17.5 Å². The van der Waals surface area contributed by atoms with E-state index in [4.69, 9.17) is 0 Å². The molecule has 2 fully saturated rings. The van der Waals surface area contributed by atoms with E-state index in [9.17, 15) is 9.59 Å². The Kier molecular flexibility index (Phi) is 4.83. The van der Waals surface area contributed by atoms with Gasteiger partial charge in [0.05, 0.1) is 0 Å². The number of ketones is 1. The van der Waals surface area contributed by atoms with Gasteiger partial charge >= 0.3 is 0 Å². The van der Waals surface area contributed by atoms with Crippen molar-refractivity contribution >= 4 is 23.5 Å². The van der Waals surface area contributed by atoms with Crippen LogP contribution in [0.2, 0.25) is 0 Å². The lowest BCUT2D eigenvalue weighted by atomic mass is 9.99. The molecule has 2 saturated heterocycles. The molecular formula is C21H22N2O2S. The molecule has 2 aromatic rings. The van der Waals surface area contributed by atoms with Crippen LogP contribution in [0.1, 0.15) is 34.1 Å². The summed E-state index contributed by atoms with van der Waals surface area (Å²) in [7, 11) is 0. The summed E-state index contributed by atoms with van der Waals surface area (Å²) in [5.41, 5.74) is 1.43. The Hall–Kier alpha value is -2.11. The number of hydrogen-bond acceptors (Lipinski definition) is 4. The van der Waals surface area contributed by atoms with Crippen LogP contribution >= 0.6 is 11.8 Å². The van der Waals surface area contributed by atoms with Crippen LogP contribution in [0.5, 0.6) is 0 Å². The van der Waals surface area contributed by atoms with E-state index in [-0.39, 0.29) is 11.7 Å². The van der Waals surface area contributed by atoms with E-state index in [1.165, 1.54) is 13.0 Å². The summed E-state index contributed by atoms with van der Waals surface area (Å²) < 4.78 is 0. The van der Waals surface area contributed by atoms with E-state index >= 15 is 0 Å². The first kappa shape index (κ1) is 17.3. The summed E-state index contributed by atoms with van der Waals surface area (Å²) in [4.78, 5) is 28.4. The van der Waals surface area contributed by atoms with Crippen molar-refractivity contribution in [1.29, 1.82) is 0 Å². The first-order valence-electron chi connectivity index (χ1n) is 9.00. The van der Waals surface area contributed by atoms with Gasteiger partial charge in [0.1, 0.15) is 0 Å². The van der Waals surface area contributed by atoms with E-state index in [1.54, 1.807) is 18.7 Å². The van der Waals surface area contributed by atoms with Crippen molar-refractivity contribution in [1.82, 2.24) is 10.2 Å². The first-order chi connectivity index (χ1) is 12.6. The summed E-state index contributed by atoms with van der Waals surface area (Å²) in [5.74, 6) is 0.710. The molecular weight excluding hydrogens is 344 g/mol. The molecule has 2 bridgehead atoms. The van der Waals surface area contributed by atoms with Gasteiger partial charge in [-0.15, -0.1) is 0 Å². The zero-order valence-corrected chi connectivity index (χ0v) is 15.6. The van der Waals surface area contributed by atoms with E-state index < -0.39 is 0 Å². The second kappa shape index (κ2) is 7.25. The van der Waals surface area contributed by atoms with Gasteiger partial charge < -0.3 is 10.2 Å². The summed E-state index contributed by atoms with van der Waals surface area (Å²) in [6, 6.07) is 15.6. The topological polar surface area (TPSA) is 49.4 Å². The Bertz CT molecular complexity index is 817. The van der Waals surface area contributed by atoms with Crippen molar-refractivity contribution < 1.29 is 9.59 Å². The molecule has 134 valence electrons. The number of fused-ring (bicyclic) bond motifs is 2. The van der Waals surface area contributed by atoms with Crippen LogP contribution < -0.4 is 5.32 Å². The van der Waals surface area contributed by atoms with Crippen LogP contribution in [0.4, 0.5) is 0 Å². The molecule has 1 N–H and O–H groups in total. The smallest absolute Gasteiger partial charge is 0.251 e. The number of piperidine rings is 1. The zero-order chi connectivity index (χ0) is 18.1. The Labute approximate surface area is 158 Å². The summed E-state index contributed by atoms with van der Waals surface area (Å²) in [6.45, 7) is 4.86. The van der Waals surface area contributed by atoms with Crippen LogP contribution in [0.25, 0.3) is 0 Å². The predicted octanol–water partition coefficient (Wildman–Crippen LogP) is 3.47. The number of rotatable bonds is 5. The molecule has 2 aromatic carbocycles. The largest absolute Gasteiger partial charge is 0.348 e. The van der Waals surface area contributed by atoms with Crippen molar-refractivity contribution in [3.8, 4) is 0 Å². The molecule has 4 rings (SSSR count). The molecule has 0 spiro atoms. The Morgan fingerprint density at radius 3 is 2.08 bits per heavy atom. The molecule has 26 heavy (non-hydrogen) atoms. The molecule has 0 aliphatic carbocycles. The number of hydrogen-bond donors (Lipinski definition) is 1. The minimum absolute atomic E-state index is 0.0195. The lowest BCUT2D eigenvalue weighted by molar-refractivity contribution is 0.0923. The van der Waals surface area contributed by atoms with Crippen LogP contribution in [0.15, 0.2) is 58.3 Å². The fourth-order valence-corrected chi connectivity index (χ4v) is 4.58. The normalized spacial score (nSPS) is 23.8. The quantitative estimate of drug-likeness (QED) is 0.823. The predicted molar refractivity (Wildman–Crippen MR) is 103 cm³/mol. The summed E-state index contributed by atoms with van der Waals surface area (Å²) >= 11 is 1.62. The summed E-state index contributed by atoms with van der Waals surface area (Å²) in [6.07, 6.45) is 1.20. The molecule has 3 unspecified atom stereocenters. The van der Waals surface area contributed by atoms with Gasteiger partial charge in [0, 0.05) is 40.0 Å². The average Bonchev–Trinajstić information content (AvgIpc) is 3.26. The molecule has 0 radical (unpaired) electrons. The third kappa shape index (κ3) is 3.69. The van der Waals surface area contributed by atoms with Gasteiger partial charge in [0.2, 0.25) is 0 Å². The molecule has 2 aliphatic heterocycles. The van der Waals surface area contributed by atoms with Crippen molar-refractivity contribution in [3.05, 3.63) is 59.7 Å². The number of carbonyl (C=O) groups is 2. The standard InChI is InChI=1S/C21H22N2O2S/c1-14(24)15-2-6-18(7-3-15)26-19-8-4-16(5-9-19)21(25)22-20-13-23-11-10-17(20)12-23/h2-9,17,20H,10-13H2,1H3,(H,22,25). The van der Waals surface area contributed by atoms with Crippen LogP contribution in [-0.4, -0.2) is 42.3 Å². The fraction of sp³-hybridized carbons (Fsp3) is 0.333. The van der Waals surface area contributed by atoms with Gasteiger partial charge in [0.15, 0.2) is 5.78 Å². The third-order valence-electron chi connectivity index (χ3n) is 5.26. The Morgan fingerprint density at radius 1 is 0.962 bits per heavy atom. The monoisotopic (exact) mass is 366 g/mol. The second-order valence-corrected chi connectivity index (χ2v) is 8.24. The molecule has 0 aromatic heterocycles. The second-order valence-electron chi connectivity index (χ2n) is 7.10. The van der Waals surface area contributed by atoms with E-state index in [2.05, 4.69) is 10.2 Å². The molecule has 2 heterocycles. The average molecular weight is 366 g/mol. The molecule has 4 nitrogen and oxygen atoms in total. The van der Waals surface area contributed by atoms with Gasteiger partial charge in [-0.1, -0.05) is 23.9 Å². The summed E-state index contributed by atoms with van der Waals surface area (Å²) in [5, 5.41) is 3.19. The van der Waals surface area contributed by atoms with Crippen molar-refractivity contribution in [2.45, 2.75) is 29.2 Å². The fourth-order valence-electron chi connectivity index (χ4n) is 3.77. The lowest BCUT2D eigenvalue weighted by Gasteiger charge is -2.23. The van der Waals surface area contributed by atoms with Gasteiger partial charge in [0.25, 0.3) is 5.91 Å². The number of Topliss-reactive ketones (excluding diaryl/α,β-unsaturated/α-hetero) is 1. The highest BCUT2D eigenvalue weighted by Crippen LogP contribution is 2.29. The maximum absolute atomic E-state index is 12.5. The highest BCUT2D eigenvalue weighted by molar-refractivity contribution is 7.99. The van der Waals surface area contributed by atoms with Crippen molar-refractivity contribution in [2.24, 2.45) is 5.92 Å². The molecule has 3 atom stereocenters. The first-order valence-corrected chi connectivity index (χ1v) is 9.82. The minimum atomic E-state index is 0.0195. The number of nitrogens with one attached hydrogen (secondary N) is 1. The Balaban J connectivity index is 1.37. The maximum Gasteiger partial charge on any atom is 0.251 e. The van der Waals surface area contributed by atoms with Gasteiger partial charge in [-0.2, -0.15) is 0 Å². The number of nitrogens with zero attached hydrogens (tertiary/aromatic N) is 1. The third-order valence-corrected chi connectivity index (χ3v) is 6.28. The zero-order valence-electron chi connectivity index (χ0n) is 14.8. The molecule has 2 aliphatic rings. The Morgan fingerprint density at radius 2 is 1.58 bits per heavy atom. The van der Waals surface area contributed by atoms with Gasteiger partial charge in [-0.3, -0.25) is 9.59 Å². The van der Waals surface area contributed by atoms with Crippen molar-refractivity contribution in [2.75, 3.05) is 19.6 Å². The van der Waals surface area contributed by atoms with E-state index in [0.717, 1.165) is 28.4 Å². The van der Waals surface area contributed by atoms with E-state index in [1.807, 2.05) is 48.5 Å². The lowest BCUT2D eigenvalue weighted by Crippen LogP contribution is -2.43. The van der Waals surface area contributed by atoms with Crippen LogP contribution in [-0.2, 0) is 0 Å². The number of amides is 1. The highest BCUT2D eigenvalue weighted by atomic mass is 32.2. The highest BCUT2D eigenvalue weighted by Gasteiger charge is 2.38. The minimum Gasteiger partial charge on any atom is -0.348 e. The molecule has 1 amide bonds. The van der Waals surface area contributed by atoms with Gasteiger partial charge in [-0.05, 0) is 62.2 Å². The van der Waals surface area contributed by atoms with Crippen molar-refractivity contribution in [3.63, 3.8) is 0 Å². The van der Waals surface area contributed by atoms with Crippen LogP contribution in [0.3, 0.4) is 0 Å². The molecule has 0 saturated carbocycles.